The molecule has 3 rings (SSSR count). The van der Waals surface area contributed by atoms with Gasteiger partial charge in [-0.3, -0.25) is 19.3 Å². The van der Waals surface area contributed by atoms with Crippen molar-refractivity contribution in [2.24, 2.45) is 0 Å². The molecule has 0 saturated carbocycles. The summed E-state index contributed by atoms with van der Waals surface area (Å²) in [6.07, 6.45) is 0. The van der Waals surface area contributed by atoms with Crippen molar-refractivity contribution < 1.29 is 23.5 Å². The molecule has 2 aromatic rings. The van der Waals surface area contributed by atoms with E-state index in [9.17, 15) is 18.8 Å². The molecule has 25 heavy (non-hydrogen) atoms. The van der Waals surface area contributed by atoms with Gasteiger partial charge in [0.2, 0.25) is 0 Å². The van der Waals surface area contributed by atoms with Crippen LogP contribution in [0.3, 0.4) is 0 Å². The topological polar surface area (TPSA) is 63.7 Å². The van der Waals surface area contributed by atoms with Crippen molar-refractivity contribution in [3.8, 4) is 5.75 Å². The van der Waals surface area contributed by atoms with Crippen LogP contribution >= 0.6 is 23.2 Å². The third kappa shape index (κ3) is 2.99. The quantitative estimate of drug-likeness (QED) is 0.599. The van der Waals surface area contributed by atoms with Crippen molar-refractivity contribution in [2.75, 3.05) is 13.7 Å². The maximum Gasteiger partial charge on any atom is 0.262 e. The number of hydrogen-bond donors (Lipinski definition) is 0. The van der Waals surface area contributed by atoms with Gasteiger partial charge < -0.3 is 4.74 Å². The first-order valence-corrected chi connectivity index (χ1v) is 7.81. The summed E-state index contributed by atoms with van der Waals surface area (Å²) in [6.45, 7) is -0.520. The molecule has 0 unspecified atom stereocenters. The molecule has 0 fully saturated rings. The largest absolute Gasteiger partial charge is 0.494 e. The first-order valence-electron chi connectivity index (χ1n) is 7.05. The average Bonchev–Trinajstić information content (AvgIpc) is 2.80. The molecule has 8 heteroatoms. The second-order valence-electron chi connectivity index (χ2n) is 5.28. The molecule has 0 saturated heterocycles. The van der Waals surface area contributed by atoms with E-state index in [1.165, 1.54) is 31.4 Å². The van der Waals surface area contributed by atoms with Crippen molar-refractivity contribution in [1.29, 1.82) is 0 Å². The Kier molecular flexibility index (Phi) is 4.49. The summed E-state index contributed by atoms with van der Waals surface area (Å²) < 4.78 is 18.5. The Balaban J connectivity index is 1.86. The van der Waals surface area contributed by atoms with Gasteiger partial charge in [-0.25, -0.2) is 4.39 Å². The van der Waals surface area contributed by atoms with Crippen LogP contribution in [0.15, 0.2) is 30.3 Å². The first kappa shape index (κ1) is 17.4. The fourth-order valence-electron chi connectivity index (χ4n) is 2.50. The number of nitrogens with zero attached hydrogens (tertiary/aromatic N) is 1. The highest BCUT2D eigenvalue weighted by Gasteiger charge is 2.37. The van der Waals surface area contributed by atoms with E-state index in [1.54, 1.807) is 0 Å². The fraction of sp³-hybridized carbons (Fsp3) is 0.118. The Morgan fingerprint density at radius 1 is 1.08 bits per heavy atom. The van der Waals surface area contributed by atoms with Gasteiger partial charge in [-0.05, 0) is 30.3 Å². The third-order valence-electron chi connectivity index (χ3n) is 3.79. The van der Waals surface area contributed by atoms with E-state index in [4.69, 9.17) is 27.9 Å². The molecule has 0 radical (unpaired) electrons. The van der Waals surface area contributed by atoms with Gasteiger partial charge in [-0.1, -0.05) is 23.2 Å². The van der Waals surface area contributed by atoms with Crippen molar-refractivity contribution in [3.05, 3.63) is 62.9 Å². The number of benzene rings is 2. The molecule has 0 aromatic heterocycles. The molecule has 0 spiro atoms. The Labute approximate surface area is 151 Å². The van der Waals surface area contributed by atoms with Gasteiger partial charge in [0.1, 0.15) is 0 Å². The van der Waals surface area contributed by atoms with E-state index >= 15 is 0 Å². The number of imide groups is 1. The lowest BCUT2D eigenvalue weighted by atomic mass is 10.1. The highest BCUT2D eigenvalue weighted by Crippen LogP contribution is 2.31. The standard InChI is InChI=1S/C17H10Cl2FNO4/c1-25-15-3-2-8(4-13(15)20)14(22)7-21-16(23)9-5-11(18)12(19)6-10(9)17(21)24/h2-6H,7H2,1H3. The van der Waals surface area contributed by atoms with E-state index in [2.05, 4.69) is 0 Å². The van der Waals surface area contributed by atoms with Gasteiger partial charge in [-0.2, -0.15) is 0 Å². The van der Waals surface area contributed by atoms with Crippen molar-refractivity contribution in [2.45, 2.75) is 0 Å². The Morgan fingerprint density at radius 3 is 2.12 bits per heavy atom. The minimum Gasteiger partial charge on any atom is -0.494 e. The second kappa shape index (κ2) is 6.46. The molecule has 0 aliphatic carbocycles. The number of amides is 2. The predicted octanol–water partition coefficient (Wildman–Crippen LogP) is 3.62. The third-order valence-corrected chi connectivity index (χ3v) is 4.51. The van der Waals surface area contributed by atoms with Crippen molar-refractivity contribution >= 4 is 40.8 Å². The SMILES string of the molecule is COc1ccc(C(=O)CN2C(=O)c3cc(Cl)c(Cl)cc3C2=O)cc1F. The monoisotopic (exact) mass is 381 g/mol. The van der Waals surface area contributed by atoms with Crippen LogP contribution in [-0.2, 0) is 0 Å². The number of carbonyl (C=O) groups is 3. The van der Waals surface area contributed by atoms with Crippen LogP contribution < -0.4 is 4.74 Å². The van der Waals surface area contributed by atoms with E-state index < -0.39 is 30.0 Å². The number of ketones is 1. The first-order chi connectivity index (χ1) is 11.8. The molecule has 0 atom stereocenters. The number of carbonyl (C=O) groups excluding carboxylic acids is 3. The molecule has 0 N–H and O–H groups in total. The second-order valence-corrected chi connectivity index (χ2v) is 6.10. The highest BCUT2D eigenvalue weighted by molar-refractivity contribution is 6.43. The summed E-state index contributed by atoms with van der Waals surface area (Å²) in [5.74, 6) is -2.62. The molecule has 5 nitrogen and oxygen atoms in total. The van der Waals surface area contributed by atoms with E-state index in [0.29, 0.717) is 0 Å². The van der Waals surface area contributed by atoms with Crippen LogP contribution in [0.2, 0.25) is 10.0 Å². The number of ether oxygens (including phenoxy) is 1. The maximum atomic E-state index is 13.7. The molecular formula is C17H10Cl2FNO4. The molecule has 2 amide bonds. The molecule has 1 aliphatic heterocycles. The van der Waals surface area contributed by atoms with Crippen LogP contribution in [0.1, 0.15) is 31.1 Å². The minimum atomic E-state index is -0.714. The number of rotatable bonds is 4. The summed E-state index contributed by atoms with van der Waals surface area (Å²) in [6, 6.07) is 6.22. The Bertz CT molecular complexity index is 888. The summed E-state index contributed by atoms with van der Waals surface area (Å²) in [5.41, 5.74) is 0.173. The minimum absolute atomic E-state index is 0.0124. The smallest absolute Gasteiger partial charge is 0.262 e. The molecular weight excluding hydrogens is 372 g/mol. The zero-order chi connectivity index (χ0) is 18.3. The van der Waals surface area contributed by atoms with E-state index in [0.717, 1.165) is 11.0 Å². The average molecular weight is 382 g/mol. The van der Waals surface area contributed by atoms with Crippen molar-refractivity contribution in [3.63, 3.8) is 0 Å². The molecule has 1 heterocycles. The van der Waals surface area contributed by atoms with Crippen molar-refractivity contribution in [1.82, 2.24) is 4.90 Å². The van der Waals surface area contributed by atoms with Gasteiger partial charge in [-0.15, -0.1) is 0 Å². The number of methoxy groups -OCH3 is 1. The molecule has 128 valence electrons. The molecule has 0 bridgehead atoms. The zero-order valence-corrected chi connectivity index (χ0v) is 14.3. The lowest BCUT2D eigenvalue weighted by Gasteiger charge is -2.13. The summed E-state index contributed by atoms with van der Waals surface area (Å²) in [5, 5.41) is 0.263. The number of fused-ring (bicyclic) bond motifs is 1. The van der Waals surface area contributed by atoms with Gasteiger partial charge in [0, 0.05) is 5.56 Å². The maximum absolute atomic E-state index is 13.7. The lowest BCUT2D eigenvalue weighted by Crippen LogP contribution is -2.34. The van der Waals surface area contributed by atoms with E-state index in [-0.39, 0.29) is 32.5 Å². The predicted molar refractivity (Wildman–Crippen MR) is 89.1 cm³/mol. The number of Topliss-reactive ketones (excluding diaryl/α,β-unsaturated/α-hetero) is 1. The number of hydrogen-bond acceptors (Lipinski definition) is 4. The zero-order valence-electron chi connectivity index (χ0n) is 12.8. The van der Waals surface area contributed by atoms with Crippen LogP contribution in [-0.4, -0.2) is 36.2 Å². The molecule has 2 aromatic carbocycles. The fourth-order valence-corrected chi connectivity index (χ4v) is 2.83. The highest BCUT2D eigenvalue weighted by atomic mass is 35.5. The lowest BCUT2D eigenvalue weighted by molar-refractivity contribution is 0.0624. The number of halogens is 3. The van der Waals surface area contributed by atoms with Gasteiger partial charge in [0.25, 0.3) is 11.8 Å². The molecule has 1 aliphatic rings. The van der Waals surface area contributed by atoms with E-state index in [1.807, 2.05) is 0 Å². The summed E-state index contributed by atoms with van der Waals surface area (Å²) in [7, 11) is 1.30. The van der Waals surface area contributed by atoms with Crippen LogP contribution in [0.5, 0.6) is 5.75 Å². The normalized spacial score (nSPS) is 13.2. The Hall–Kier alpha value is -2.44. The van der Waals surface area contributed by atoms with Gasteiger partial charge in [0.05, 0.1) is 34.8 Å². The van der Waals surface area contributed by atoms with Crippen LogP contribution in [0.4, 0.5) is 4.39 Å². The summed E-state index contributed by atoms with van der Waals surface area (Å²) in [4.78, 5) is 37.8. The Morgan fingerprint density at radius 2 is 1.64 bits per heavy atom. The van der Waals surface area contributed by atoms with Crippen LogP contribution in [0, 0.1) is 5.82 Å². The van der Waals surface area contributed by atoms with Crippen LogP contribution in [0.25, 0.3) is 0 Å². The van der Waals surface area contributed by atoms with Gasteiger partial charge >= 0.3 is 0 Å². The van der Waals surface area contributed by atoms with Gasteiger partial charge in [0.15, 0.2) is 17.3 Å². The summed E-state index contributed by atoms with van der Waals surface area (Å²) >= 11 is 11.7.